The third-order valence-electron chi connectivity index (χ3n) is 3.33. The van der Waals surface area contributed by atoms with Gasteiger partial charge in [-0.2, -0.15) is 0 Å². The highest BCUT2D eigenvalue weighted by Crippen LogP contribution is 2.30. The number of hydrogen-bond acceptors (Lipinski definition) is 5. The van der Waals surface area contributed by atoms with Crippen molar-refractivity contribution in [2.75, 3.05) is 13.2 Å². The molecule has 0 aliphatic heterocycles. The minimum Gasteiger partial charge on any atom is -0.489 e. The molecule has 22 heavy (non-hydrogen) atoms. The highest BCUT2D eigenvalue weighted by atomic mass is 16.6. The standard InChI is InChI=1S/C16H17NO5/c18-9-13(10-19)15-7-6-14(8-16(15)17(20)21)22-11-12-4-2-1-3-5-12/h1-8,13,18-19H,9-11H2. The normalized spacial score (nSPS) is 10.7. The number of nitrogens with zero attached hydrogens (tertiary/aromatic N) is 1. The van der Waals surface area contributed by atoms with Gasteiger partial charge in [0.25, 0.3) is 5.69 Å². The minimum absolute atomic E-state index is 0.168. The van der Waals surface area contributed by atoms with Crippen molar-refractivity contribution in [1.29, 1.82) is 0 Å². The molecule has 0 bridgehead atoms. The zero-order valence-corrected chi connectivity index (χ0v) is 11.9. The first-order valence-electron chi connectivity index (χ1n) is 6.82. The van der Waals surface area contributed by atoms with Crippen molar-refractivity contribution in [3.8, 4) is 5.75 Å². The quantitative estimate of drug-likeness (QED) is 0.604. The number of aliphatic hydroxyl groups is 2. The number of aliphatic hydroxyl groups excluding tert-OH is 2. The largest absolute Gasteiger partial charge is 0.489 e. The van der Waals surface area contributed by atoms with Gasteiger partial charge in [0.05, 0.1) is 24.2 Å². The van der Waals surface area contributed by atoms with Crippen molar-refractivity contribution >= 4 is 5.69 Å². The van der Waals surface area contributed by atoms with Gasteiger partial charge in [0.15, 0.2) is 0 Å². The Kier molecular flexibility index (Phi) is 5.46. The summed E-state index contributed by atoms with van der Waals surface area (Å²) in [5, 5.41) is 29.6. The van der Waals surface area contributed by atoms with Crippen LogP contribution in [0.1, 0.15) is 17.0 Å². The van der Waals surface area contributed by atoms with Gasteiger partial charge in [-0.25, -0.2) is 0 Å². The third kappa shape index (κ3) is 3.81. The second-order valence-electron chi connectivity index (χ2n) is 4.81. The fourth-order valence-corrected chi connectivity index (χ4v) is 2.11. The van der Waals surface area contributed by atoms with Gasteiger partial charge >= 0.3 is 0 Å². The van der Waals surface area contributed by atoms with E-state index in [4.69, 9.17) is 4.74 Å². The van der Waals surface area contributed by atoms with Crippen LogP contribution < -0.4 is 4.74 Å². The Bertz CT molecular complexity index is 626. The molecule has 0 atom stereocenters. The van der Waals surface area contributed by atoms with Crippen LogP contribution in [0.15, 0.2) is 48.5 Å². The zero-order valence-electron chi connectivity index (χ0n) is 11.9. The van der Waals surface area contributed by atoms with E-state index in [0.29, 0.717) is 17.9 Å². The average Bonchev–Trinajstić information content (AvgIpc) is 2.55. The van der Waals surface area contributed by atoms with E-state index in [1.807, 2.05) is 30.3 Å². The van der Waals surface area contributed by atoms with Crippen molar-refractivity contribution in [3.63, 3.8) is 0 Å². The second kappa shape index (κ2) is 7.53. The van der Waals surface area contributed by atoms with E-state index in [2.05, 4.69) is 0 Å². The first-order valence-corrected chi connectivity index (χ1v) is 6.82. The van der Waals surface area contributed by atoms with Crippen molar-refractivity contribution in [1.82, 2.24) is 0 Å². The maximum atomic E-state index is 11.2. The number of rotatable bonds is 7. The molecule has 0 aromatic heterocycles. The molecule has 2 N–H and O–H groups in total. The van der Waals surface area contributed by atoms with Crippen LogP contribution in [0.25, 0.3) is 0 Å². The Hall–Kier alpha value is -2.44. The molecular weight excluding hydrogens is 286 g/mol. The zero-order chi connectivity index (χ0) is 15.9. The summed E-state index contributed by atoms with van der Waals surface area (Å²) in [6, 6.07) is 13.9. The maximum absolute atomic E-state index is 11.2. The van der Waals surface area contributed by atoms with Crippen LogP contribution in [0.4, 0.5) is 5.69 Å². The predicted octanol–water partition coefficient (Wildman–Crippen LogP) is 2.24. The monoisotopic (exact) mass is 303 g/mol. The van der Waals surface area contributed by atoms with E-state index < -0.39 is 10.8 Å². The number of nitro benzene ring substituents is 1. The Morgan fingerprint density at radius 1 is 1.09 bits per heavy atom. The molecule has 2 aromatic rings. The van der Waals surface area contributed by atoms with E-state index in [9.17, 15) is 20.3 Å². The molecule has 6 heteroatoms. The van der Waals surface area contributed by atoms with Crippen LogP contribution in [0.5, 0.6) is 5.75 Å². The van der Waals surface area contributed by atoms with Crippen LogP contribution in [0, 0.1) is 10.1 Å². The molecule has 2 aromatic carbocycles. The summed E-state index contributed by atoms with van der Waals surface area (Å²) in [6.07, 6.45) is 0. The summed E-state index contributed by atoms with van der Waals surface area (Å²) in [5.74, 6) is -0.308. The highest BCUT2D eigenvalue weighted by Gasteiger charge is 2.22. The van der Waals surface area contributed by atoms with Crippen LogP contribution in [-0.4, -0.2) is 28.4 Å². The van der Waals surface area contributed by atoms with E-state index in [1.54, 1.807) is 6.07 Å². The molecule has 2 rings (SSSR count). The average molecular weight is 303 g/mol. The molecule has 0 heterocycles. The van der Waals surface area contributed by atoms with Crippen molar-refractivity contribution in [3.05, 3.63) is 69.8 Å². The Morgan fingerprint density at radius 2 is 1.77 bits per heavy atom. The molecule has 0 saturated carbocycles. The van der Waals surface area contributed by atoms with Gasteiger partial charge in [-0.1, -0.05) is 30.3 Å². The van der Waals surface area contributed by atoms with Crippen molar-refractivity contribution in [2.45, 2.75) is 12.5 Å². The van der Waals surface area contributed by atoms with Gasteiger partial charge in [-0.15, -0.1) is 0 Å². The van der Waals surface area contributed by atoms with Crippen molar-refractivity contribution in [2.24, 2.45) is 0 Å². The first kappa shape index (κ1) is 15.9. The van der Waals surface area contributed by atoms with E-state index in [0.717, 1.165) is 5.56 Å². The second-order valence-corrected chi connectivity index (χ2v) is 4.81. The Balaban J connectivity index is 2.20. The summed E-state index contributed by atoms with van der Waals surface area (Å²) in [6.45, 7) is -0.413. The van der Waals surface area contributed by atoms with E-state index >= 15 is 0 Å². The lowest BCUT2D eigenvalue weighted by Crippen LogP contribution is -2.11. The molecule has 0 aliphatic carbocycles. The van der Waals surface area contributed by atoms with Gasteiger partial charge in [-0.05, 0) is 17.7 Å². The fraction of sp³-hybridized carbons (Fsp3) is 0.250. The lowest BCUT2D eigenvalue weighted by atomic mass is 9.99. The Morgan fingerprint density at radius 3 is 2.36 bits per heavy atom. The number of nitro groups is 1. The number of benzene rings is 2. The smallest absolute Gasteiger partial charge is 0.276 e. The van der Waals surface area contributed by atoms with Crippen LogP contribution in [0.3, 0.4) is 0 Å². The van der Waals surface area contributed by atoms with Crippen LogP contribution in [0.2, 0.25) is 0 Å². The summed E-state index contributed by atoms with van der Waals surface area (Å²) in [5.41, 5.74) is 1.08. The lowest BCUT2D eigenvalue weighted by Gasteiger charge is -2.13. The first-order chi connectivity index (χ1) is 10.7. The van der Waals surface area contributed by atoms with E-state index in [-0.39, 0.29) is 18.9 Å². The third-order valence-corrected chi connectivity index (χ3v) is 3.33. The molecule has 0 saturated heterocycles. The maximum Gasteiger partial charge on any atom is 0.276 e. The van der Waals surface area contributed by atoms with Gasteiger partial charge in [0.2, 0.25) is 0 Å². The summed E-state index contributed by atoms with van der Waals surface area (Å²) in [7, 11) is 0. The SMILES string of the molecule is O=[N+]([O-])c1cc(OCc2ccccc2)ccc1C(CO)CO. The molecule has 116 valence electrons. The van der Waals surface area contributed by atoms with Gasteiger partial charge < -0.3 is 14.9 Å². The van der Waals surface area contributed by atoms with Crippen LogP contribution >= 0.6 is 0 Å². The fourth-order valence-electron chi connectivity index (χ4n) is 2.11. The topological polar surface area (TPSA) is 92.8 Å². The van der Waals surface area contributed by atoms with Gasteiger partial charge in [-0.3, -0.25) is 10.1 Å². The van der Waals surface area contributed by atoms with Crippen LogP contribution in [-0.2, 0) is 6.61 Å². The van der Waals surface area contributed by atoms with Crippen molar-refractivity contribution < 1.29 is 19.9 Å². The molecule has 0 unspecified atom stereocenters. The molecule has 6 nitrogen and oxygen atoms in total. The summed E-state index contributed by atoms with van der Waals surface area (Å²) in [4.78, 5) is 10.6. The predicted molar refractivity (Wildman–Crippen MR) is 80.8 cm³/mol. The molecule has 0 fully saturated rings. The molecule has 0 spiro atoms. The summed E-state index contributed by atoms with van der Waals surface area (Å²) < 4.78 is 5.56. The van der Waals surface area contributed by atoms with Gasteiger partial charge in [0.1, 0.15) is 12.4 Å². The highest BCUT2D eigenvalue weighted by molar-refractivity contribution is 5.48. The van der Waals surface area contributed by atoms with E-state index in [1.165, 1.54) is 12.1 Å². The molecular formula is C16H17NO5. The number of ether oxygens (including phenoxy) is 1. The molecule has 0 radical (unpaired) electrons. The lowest BCUT2D eigenvalue weighted by molar-refractivity contribution is -0.385. The Labute approximate surface area is 127 Å². The molecule has 0 aliphatic rings. The minimum atomic E-state index is -0.677. The summed E-state index contributed by atoms with van der Waals surface area (Å²) >= 11 is 0. The number of hydrogen-bond donors (Lipinski definition) is 2. The van der Waals surface area contributed by atoms with Gasteiger partial charge in [0, 0.05) is 11.5 Å². The molecule has 0 amide bonds.